The summed E-state index contributed by atoms with van der Waals surface area (Å²) in [6, 6.07) is 2.20. The predicted molar refractivity (Wildman–Crippen MR) is 79.6 cm³/mol. The van der Waals surface area contributed by atoms with Gasteiger partial charge in [-0.15, -0.1) is 22.9 Å². The second-order valence-electron chi connectivity index (χ2n) is 5.75. The Balaban J connectivity index is 1.59. The van der Waals surface area contributed by atoms with Crippen molar-refractivity contribution in [3.8, 4) is 0 Å². The second-order valence-corrected chi connectivity index (χ2v) is 9.97. The highest BCUT2D eigenvalue weighted by Gasteiger charge is 2.66. The van der Waals surface area contributed by atoms with E-state index in [-0.39, 0.29) is 5.38 Å². The predicted octanol–water partition coefficient (Wildman–Crippen LogP) is 5.85. The number of rotatable bonds is 2. The summed E-state index contributed by atoms with van der Waals surface area (Å²) in [5.74, 6) is 4.71. The van der Waals surface area contributed by atoms with Gasteiger partial charge in [0.25, 0.3) is 0 Å². The maximum Gasteiger partial charge on any atom is 0.0757 e. The summed E-state index contributed by atoms with van der Waals surface area (Å²) in [4.78, 5) is 0. The van der Waals surface area contributed by atoms with Crippen LogP contribution in [0, 0.1) is 29.6 Å². The smallest absolute Gasteiger partial charge is 0.0757 e. The molecule has 4 heteroatoms. The lowest BCUT2D eigenvalue weighted by Crippen LogP contribution is -2.03. The number of halogens is 3. The lowest BCUT2D eigenvalue weighted by molar-refractivity contribution is 0.455. The van der Waals surface area contributed by atoms with Crippen LogP contribution in [0.15, 0.2) is 13.6 Å². The van der Waals surface area contributed by atoms with Crippen LogP contribution in [-0.2, 0) is 0 Å². The number of thiophene rings is 1. The Bertz CT molecular complexity index is 456. The fourth-order valence-electron chi connectivity index (χ4n) is 4.53. The molecule has 0 aliphatic heterocycles. The maximum atomic E-state index is 6.74. The molecule has 5 unspecified atom stereocenters. The van der Waals surface area contributed by atoms with Gasteiger partial charge in [0.1, 0.15) is 0 Å². The first-order chi connectivity index (χ1) is 8.16. The van der Waals surface area contributed by atoms with Gasteiger partial charge in [-0.3, -0.25) is 0 Å². The Kier molecular flexibility index (Phi) is 2.75. The summed E-state index contributed by atoms with van der Waals surface area (Å²) in [6.07, 6.45) is 4.45. The van der Waals surface area contributed by atoms with Crippen molar-refractivity contribution < 1.29 is 0 Å². The molecule has 17 heavy (non-hydrogen) atoms. The molecule has 3 saturated carbocycles. The minimum absolute atomic E-state index is 0.227. The molecule has 92 valence electrons. The molecule has 0 spiro atoms. The third-order valence-electron chi connectivity index (χ3n) is 5.11. The summed E-state index contributed by atoms with van der Waals surface area (Å²) in [5.41, 5.74) is 1.31. The van der Waals surface area contributed by atoms with Gasteiger partial charge in [0.15, 0.2) is 0 Å². The third-order valence-corrected chi connectivity index (χ3v) is 8.02. The molecular formula is C13H13Br2ClS. The van der Waals surface area contributed by atoms with Crippen LogP contribution in [0.5, 0.6) is 0 Å². The highest BCUT2D eigenvalue weighted by Crippen LogP contribution is 2.73. The van der Waals surface area contributed by atoms with Crippen LogP contribution in [0.2, 0.25) is 0 Å². The molecular weight excluding hydrogens is 383 g/mol. The van der Waals surface area contributed by atoms with Crippen molar-refractivity contribution in [2.75, 3.05) is 0 Å². The van der Waals surface area contributed by atoms with E-state index in [1.54, 1.807) is 11.3 Å². The van der Waals surface area contributed by atoms with E-state index in [0.717, 1.165) is 29.6 Å². The summed E-state index contributed by atoms with van der Waals surface area (Å²) in [6.45, 7) is 0. The largest absolute Gasteiger partial charge is 0.121 e. The summed E-state index contributed by atoms with van der Waals surface area (Å²) in [7, 11) is 0. The van der Waals surface area contributed by atoms with Crippen molar-refractivity contribution in [2.45, 2.75) is 24.6 Å². The molecule has 4 rings (SSSR count). The van der Waals surface area contributed by atoms with Crippen molar-refractivity contribution in [2.24, 2.45) is 29.6 Å². The van der Waals surface area contributed by atoms with Crippen molar-refractivity contribution in [3.63, 3.8) is 0 Å². The van der Waals surface area contributed by atoms with Crippen LogP contribution in [0.4, 0.5) is 0 Å². The van der Waals surface area contributed by atoms with Crippen molar-refractivity contribution >= 4 is 54.8 Å². The van der Waals surface area contributed by atoms with E-state index in [0.29, 0.717) is 0 Å². The summed E-state index contributed by atoms with van der Waals surface area (Å²) < 4.78 is 2.39. The van der Waals surface area contributed by atoms with Crippen LogP contribution >= 0.6 is 54.8 Å². The Hall–Kier alpha value is 0.950. The van der Waals surface area contributed by atoms with E-state index in [2.05, 4.69) is 37.9 Å². The minimum atomic E-state index is 0.227. The van der Waals surface area contributed by atoms with Gasteiger partial charge in [0, 0.05) is 0 Å². The molecule has 2 bridgehead atoms. The number of fused-ring (bicyclic) bond motifs is 5. The van der Waals surface area contributed by atoms with Gasteiger partial charge >= 0.3 is 0 Å². The Morgan fingerprint density at radius 3 is 2.41 bits per heavy atom. The first-order valence-corrected chi connectivity index (χ1v) is 9.09. The molecule has 0 aromatic carbocycles. The Labute approximate surface area is 127 Å². The molecule has 3 fully saturated rings. The van der Waals surface area contributed by atoms with E-state index in [1.165, 1.54) is 32.4 Å². The quantitative estimate of drug-likeness (QED) is 0.551. The molecule has 3 aliphatic rings. The normalized spacial score (nSPS) is 43.8. The average molecular weight is 397 g/mol. The standard InChI is InChI=1S/C13H13Br2ClS/c14-8-4-7(13(15)17-8)12(16)11-9-5-1-2-6(3-5)10(9)11/h4-6,9-12H,1-3H2. The van der Waals surface area contributed by atoms with Gasteiger partial charge in [0.05, 0.1) is 12.9 Å². The van der Waals surface area contributed by atoms with Gasteiger partial charge in [-0.25, -0.2) is 0 Å². The zero-order chi connectivity index (χ0) is 11.7. The lowest BCUT2D eigenvalue weighted by Gasteiger charge is -2.13. The number of alkyl halides is 1. The van der Waals surface area contributed by atoms with Crippen LogP contribution in [-0.4, -0.2) is 0 Å². The van der Waals surface area contributed by atoms with E-state index in [4.69, 9.17) is 11.6 Å². The number of hydrogen-bond acceptors (Lipinski definition) is 1. The molecule has 5 atom stereocenters. The Morgan fingerprint density at radius 1 is 1.24 bits per heavy atom. The average Bonchev–Trinajstić information content (AvgIpc) is 2.59. The van der Waals surface area contributed by atoms with Crippen molar-refractivity contribution in [1.82, 2.24) is 0 Å². The molecule has 0 nitrogen and oxygen atoms in total. The van der Waals surface area contributed by atoms with Crippen molar-refractivity contribution in [3.05, 3.63) is 19.2 Å². The first kappa shape index (κ1) is 11.7. The molecule has 0 amide bonds. The highest BCUT2D eigenvalue weighted by atomic mass is 79.9. The highest BCUT2D eigenvalue weighted by molar-refractivity contribution is 9.12. The molecule has 3 aliphatic carbocycles. The van der Waals surface area contributed by atoms with Crippen LogP contribution in [0.1, 0.15) is 30.2 Å². The lowest BCUT2D eigenvalue weighted by atomic mass is 9.98. The monoisotopic (exact) mass is 394 g/mol. The topological polar surface area (TPSA) is 0 Å². The zero-order valence-corrected chi connectivity index (χ0v) is 13.9. The fraction of sp³-hybridized carbons (Fsp3) is 0.692. The number of hydrogen-bond donors (Lipinski definition) is 0. The molecule has 0 N–H and O–H groups in total. The SMILES string of the molecule is ClC(c1cc(Br)sc1Br)C1C2C3CCC(C3)C21. The second kappa shape index (κ2) is 3.97. The van der Waals surface area contributed by atoms with E-state index in [9.17, 15) is 0 Å². The van der Waals surface area contributed by atoms with Crippen LogP contribution < -0.4 is 0 Å². The molecule has 0 saturated heterocycles. The molecule has 0 radical (unpaired) electrons. The van der Waals surface area contributed by atoms with Crippen molar-refractivity contribution in [1.29, 1.82) is 0 Å². The van der Waals surface area contributed by atoms with Gasteiger partial charge < -0.3 is 0 Å². The Morgan fingerprint density at radius 2 is 1.88 bits per heavy atom. The molecule has 1 heterocycles. The molecule has 1 aromatic heterocycles. The van der Waals surface area contributed by atoms with Gasteiger partial charge in [-0.2, -0.15) is 0 Å². The maximum absolute atomic E-state index is 6.74. The molecule has 1 aromatic rings. The third kappa shape index (κ3) is 1.65. The van der Waals surface area contributed by atoms with Gasteiger partial charge in [-0.1, -0.05) is 0 Å². The fourth-order valence-corrected chi connectivity index (χ4v) is 8.17. The summed E-state index contributed by atoms with van der Waals surface area (Å²) >= 11 is 15.7. The van der Waals surface area contributed by atoms with Crippen LogP contribution in [0.3, 0.4) is 0 Å². The van der Waals surface area contributed by atoms with Gasteiger partial charge in [-0.05, 0) is 92.3 Å². The van der Waals surface area contributed by atoms with E-state index < -0.39 is 0 Å². The van der Waals surface area contributed by atoms with Gasteiger partial charge in [0.2, 0.25) is 0 Å². The summed E-state index contributed by atoms with van der Waals surface area (Å²) in [5, 5.41) is 0.227. The first-order valence-electron chi connectivity index (χ1n) is 6.25. The van der Waals surface area contributed by atoms with E-state index >= 15 is 0 Å². The minimum Gasteiger partial charge on any atom is -0.121 e. The zero-order valence-electron chi connectivity index (χ0n) is 9.20. The van der Waals surface area contributed by atoms with E-state index in [1.807, 2.05) is 0 Å². The van der Waals surface area contributed by atoms with Crippen LogP contribution in [0.25, 0.3) is 0 Å².